The van der Waals surface area contributed by atoms with E-state index in [1.54, 1.807) is 16.8 Å². The van der Waals surface area contributed by atoms with Crippen molar-refractivity contribution in [2.75, 3.05) is 6.61 Å². The number of carbonyl (C=O) groups is 1. The van der Waals surface area contributed by atoms with Crippen molar-refractivity contribution in [3.05, 3.63) is 78.6 Å². The molecule has 0 aliphatic rings. The van der Waals surface area contributed by atoms with Gasteiger partial charge in [-0.1, -0.05) is 36.4 Å². The fraction of sp³-hybridized carbons (Fsp3) is 0.143. The minimum Gasteiger partial charge on any atom is -0.484 e. The molecule has 4 rings (SSSR count). The average Bonchev–Trinajstić information content (AvgIpc) is 3.27. The molecule has 0 spiro atoms. The van der Waals surface area contributed by atoms with E-state index in [0.717, 1.165) is 16.6 Å². The van der Waals surface area contributed by atoms with Gasteiger partial charge in [-0.05, 0) is 64.0 Å². The van der Waals surface area contributed by atoms with Gasteiger partial charge in [0.15, 0.2) is 6.61 Å². The zero-order valence-corrected chi connectivity index (χ0v) is 15.3. The Hall–Kier alpha value is -3.74. The lowest BCUT2D eigenvalue weighted by molar-refractivity contribution is -0.123. The molecule has 4 aromatic rings. The number of ether oxygens (including phenoxy) is 1. The summed E-state index contributed by atoms with van der Waals surface area (Å²) in [6, 6.07) is 21.4. The van der Waals surface area contributed by atoms with Gasteiger partial charge in [-0.2, -0.15) is 0 Å². The SMILES string of the molecule is CC(NC(=O)COc1ccc(-n2cnnn2)cc1)c1ccc2ccccc2c1. The number of benzene rings is 3. The quantitative estimate of drug-likeness (QED) is 0.562. The van der Waals surface area contributed by atoms with Gasteiger partial charge in [0.25, 0.3) is 5.91 Å². The van der Waals surface area contributed by atoms with E-state index >= 15 is 0 Å². The van der Waals surface area contributed by atoms with Gasteiger partial charge in [0, 0.05) is 0 Å². The largest absolute Gasteiger partial charge is 0.484 e. The van der Waals surface area contributed by atoms with Gasteiger partial charge in [-0.15, -0.1) is 5.10 Å². The van der Waals surface area contributed by atoms with Crippen molar-refractivity contribution in [2.45, 2.75) is 13.0 Å². The molecule has 28 heavy (non-hydrogen) atoms. The molecule has 3 aromatic carbocycles. The van der Waals surface area contributed by atoms with Gasteiger partial charge in [0.05, 0.1) is 11.7 Å². The number of hydrogen-bond acceptors (Lipinski definition) is 5. The topological polar surface area (TPSA) is 81.9 Å². The van der Waals surface area contributed by atoms with Crippen molar-refractivity contribution in [3.8, 4) is 11.4 Å². The van der Waals surface area contributed by atoms with Crippen LogP contribution in [0.15, 0.2) is 73.1 Å². The maximum Gasteiger partial charge on any atom is 0.258 e. The third kappa shape index (κ3) is 3.98. The van der Waals surface area contributed by atoms with Crippen molar-refractivity contribution >= 4 is 16.7 Å². The summed E-state index contributed by atoms with van der Waals surface area (Å²) in [6.07, 6.45) is 1.51. The van der Waals surface area contributed by atoms with Crippen molar-refractivity contribution < 1.29 is 9.53 Å². The normalized spacial score (nSPS) is 11.9. The molecule has 0 aliphatic heterocycles. The number of tetrazole rings is 1. The highest BCUT2D eigenvalue weighted by Crippen LogP contribution is 2.20. The summed E-state index contributed by atoms with van der Waals surface area (Å²) in [5.74, 6) is 0.426. The number of rotatable bonds is 6. The molecule has 0 radical (unpaired) electrons. The molecule has 0 saturated heterocycles. The molecule has 1 N–H and O–H groups in total. The Morgan fingerprint density at radius 3 is 2.61 bits per heavy atom. The highest BCUT2D eigenvalue weighted by atomic mass is 16.5. The number of hydrogen-bond donors (Lipinski definition) is 1. The minimum absolute atomic E-state index is 0.0534. The second-order valence-corrected chi connectivity index (χ2v) is 6.43. The summed E-state index contributed by atoms with van der Waals surface area (Å²) in [7, 11) is 0. The lowest BCUT2D eigenvalue weighted by atomic mass is 10.0. The molecule has 0 bridgehead atoms. The first-order chi connectivity index (χ1) is 13.7. The number of nitrogens with zero attached hydrogens (tertiary/aromatic N) is 4. The van der Waals surface area contributed by atoms with Crippen LogP contribution in [0, 0.1) is 0 Å². The summed E-state index contributed by atoms with van der Waals surface area (Å²) >= 11 is 0. The van der Waals surface area contributed by atoms with Crippen LogP contribution in [0.2, 0.25) is 0 Å². The van der Waals surface area contributed by atoms with Crippen molar-refractivity contribution in [1.82, 2.24) is 25.5 Å². The van der Waals surface area contributed by atoms with Crippen LogP contribution < -0.4 is 10.1 Å². The van der Waals surface area contributed by atoms with Crippen LogP contribution in [0.4, 0.5) is 0 Å². The van der Waals surface area contributed by atoms with Crippen molar-refractivity contribution in [2.24, 2.45) is 0 Å². The molecule has 7 nitrogen and oxygen atoms in total. The Balaban J connectivity index is 1.33. The fourth-order valence-electron chi connectivity index (χ4n) is 2.97. The third-order valence-corrected chi connectivity index (χ3v) is 4.47. The first-order valence-electron chi connectivity index (χ1n) is 8.93. The highest BCUT2D eigenvalue weighted by Gasteiger charge is 2.11. The lowest BCUT2D eigenvalue weighted by Crippen LogP contribution is -2.31. The predicted molar refractivity (Wildman–Crippen MR) is 105 cm³/mol. The van der Waals surface area contributed by atoms with Crippen LogP contribution >= 0.6 is 0 Å². The van der Waals surface area contributed by atoms with E-state index < -0.39 is 0 Å². The highest BCUT2D eigenvalue weighted by molar-refractivity contribution is 5.83. The van der Waals surface area contributed by atoms with Gasteiger partial charge in [0.1, 0.15) is 12.1 Å². The fourth-order valence-corrected chi connectivity index (χ4v) is 2.97. The van der Waals surface area contributed by atoms with E-state index in [4.69, 9.17) is 4.74 Å². The monoisotopic (exact) mass is 373 g/mol. The second-order valence-electron chi connectivity index (χ2n) is 6.43. The van der Waals surface area contributed by atoms with Gasteiger partial charge < -0.3 is 10.1 Å². The van der Waals surface area contributed by atoms with Crippen LogP contribution in [-0.2, 0) is 4.79 Å². The van der Waals surface area contributed by atoms with E-state index in [9.17, 15) is 4.79 Å². The van der Waals surface area contributed by atoms with E-state index in [1.165, 1.54) is 11.7 Å². The van der Waals surface area contributed by atoms with E-state index in [2.05, 4.69) is 45.1 Å². The molecule has 1 amide bonds. The lowest BCUT2D eigenvalue weighted by Gasteiger charge is -2.15. The molecule has 140 valence electrons. The van der Waals surface area contributed by atoms with Crippen LogP contribution in [0.5, 0.6) is 5.75 Å². The molecule has 0 fully saturated rings. The second kappa shape index (κ2) is 7.87. The molecule has 1 heterocycles. The zero-order valence-electron chi connectivity index (χ0n) is 15.3. The number of amides is 1. The Morgan fingerprint density at radius 1 is 1.07 bits per heavy atom. The summed E-state index contributed by atoms with van der Waals surface area (Å²) in [4.78, 5) is 12.3. The summed E-state index contributed by atoms with van der Waals surface area (Å²) in [6.45, 7) is 1.91. The van der Waals surface area contributed by atoms with E-state index in [-0.39, 0.29) is 18.6 Å². The number of fused-ring (bicyclic) bond motifs is 1. The average molecular weight is 373 g/mol. The molecule has 0 saturated carbocycles. The van der Waals surface area contributed by atoms with Crippen LogP contribution in [0.25, 0.3) is 16.5 Å². The Bertz CT molecular complexity index is 1080. The predicted octanol–water partition coefficient (Wildman–Crippen LogP) is 3.07. The number of aromatic nitrogens is 4. The smallest absolute Gasteiger partial charge is 0.258 e. The Labute approximate surface area is 161 Å². The molecular weight excluding hydrogens is 354 g/mol. The number of nitrogens with one attached hydrogen (secondary N) is 1. The van der Waals surface area contributed by atoms with Gasteiger partial charge in [-0.25, -0.2) is 4.68 Å². The standard InChI is InChI=1S/C21H19N5O2/c1-15(17-7-6-16-4-2-3-5-18(16)12-17)23-21(27)13-28-20-10-8-19(9-11-20)26-14-22-24-25-26/h2-12,14-15H,13H2,1H3,(H,23,27). The Morgan fingerprint density at radius 2 is 1.86 bits per heavy atom. The maximum absolute atomic E-state index is 12.3. The maximum atomic E-state index is 12.3. The van der Waals surface area contributed by atoms with Crippen molar-refractivity contribution in [3.63, 3.8) is 0 Å². The van der Waals surface area contributed by atoms with Crippen LogP contribution in [0.3, 0.4) is 0 Å². The zero-order chi connectivity index (χ0) is 19.3. The first-order valence-corrected chi connectivity index (χ1v) is 8.93. The molecule has 0 aliphatic carbocycles. The van der Waals surface area contributed by atoms with Gasteiger partial charge >= 0.3 is 0 Å². The number of carbonyl (C=O) groups excluding carboxylic acids is 1. The van der Waals surface area contributed by atoms with Gasteiger partial charge in [-0.3, -0.25) is 4.79 Å². The van der Waals surface area contributed by atoms with E-state index in [1.807, 2.05) is 37.3 Å². The molecule has 1 atom stereocenters. The first kappa shape index (κ1) is 17.7. The Kier molecular flexibility index (Phi) is 4.97. The van der Waals surface area contributed by atoms with Crippen molar-refractivity contribution in [1.29, 1.82) is 0 Å². The van der Waals surface area contributed by atoms with Crippen LogP contribution in [-0.4, -0.2) is 32.7 Å². The summed E-state index contributed by atoms with van der Waals surface area (Å²) < 4.78 is 7.12. The third-order valence-electron chi connectivity index (χ3n) is 4.47. The minimum atomic E-state index is -0.176. The summed E-state index contributed by atoms with van der Waals surface area (Å²) in [5, 5.41) is 16.3. The van der Waals surface area contributed by atoms with Crippen LogP contribution in [0.1, 0.15) is 18.5 Å². The molecular formula is C21H19N5O2. The van der Waals surface area contributed by atoms with E-state index in [0.29, 0.717) is 5.75 Å². The summed E-state index contributed by atoms with van der Waals surface area (Å²) in [5.41, 5.74) is 1.87. The molecule has 7 heteroatoms. The van der Waals surface area contributed by atoms with Gasteiger partial charge in [0.2, 0.25) is 0 Å². The molecule has 1 unspecified atom stereocenters. The molecule has 1 aromatic heterocycles.